The second-order valence-electron chi connectivity index (χ2n) is 2.68. The third-order valence-electron chi connectivity index (χ3n) is 1.84. The topological polar surface area (TPSA) is 42.2 Å². The lowest BCUT2D eigenvalue weighted by Crippen LogP contribution is -2.17. The maximum Gasteiger partial charge on any atom is 0.182 e. The summed E-state index contributed by atoms with van der Waals surface area (Å²) in [6, 6.07) is 2.42. The highest BCUT2D eigenvalue weighted by molar-refractivity contribution is 5.54. The van der Waals surface area contributed by atoms with Crippen LogP contribution in [-0.2, 0) is 0 Å². The summed E-state index contributed by atoms with van der Waals surface area (Å²) in [5, 5.41) is 8.61. The summed E-state index contributed by atoms with van der Waals surface area (Å²) in [6.07, 6.45) is 0. The molecule has 0 amide bonds. The van der Waals surface area contributed by atoms with Gasteiger partial charge in [-0.1, -0.05) is 0 Å². The smallest absolute Gasteiger partial charge is 0.182 e. The van der Waals surface area contributed by atoms with Crippen molar-refractivity contribution in [3.8, 4) is 17.6 Å². The van der Waals surface area contributed by atoms with Gasteiger partial charge in [0.1, 0.15) is 24.8 Å². The number of rotatable bonds is 0. The van der Waals surface area contributed by atoms with Crippen LogP contribution in [0.5, 0.6) is 11.5 Å². The fourth-order valence-corrected chi connectivity index (χ4v) is 1.23. The van der Waals surface area contributed by atoms with Gasteiger partial charge >= 0.3 is 0 Å². The van der Waals surface area contributed by atoms with E-state index in [0.29, 0.717) is 0 Å². The Balaban J connectivity index is 2.67. The third kappa shape index (κ3) is 1.16. The average molecular weight is 197 g/mol. The highest BCUT2D eigenvalue weighted by atomic mass is 19.2. The summed E-state index contributed by atoms with van der Waals surface area (Å²) < 4.78 is 36.0. The Kier molecular flexibility index (Phi) is 1.97. The lowest BCUT2D eigenvalue weighted by Gasteiger charge is -2.19. The molecule has 0 aliphatic carbocycles. The first-order chi connectivity index (χ1) is 6.74. The Morgan fingerprint density at radius 3 is 2.71 bits per heavy atom. The first kappa shape index (κ1) is 8.75. The minimum Gasteiger partial charge on any atom is -0.486 e. The van der Waals surface area contributed by atoms with E-state index >= 15 is 0 Å². The summed E-state index contributed by atoms with van der Waals surface area (Å²) in [5.41, 5.74) is -0.445. The van der Waals surface area contributed by atoms with Gasteiger partial charge in [0.2, 0.25) is 0 Å². The molecule has 0 aromatic heterocycles. The van der Waals surface area contributed by atoms with Gasteiger partial charge in [0.25, 0.3) is 0 Å². The molecule has 0 radical (unpaired) electrons. The number of ether oxygens (including phenoxy) is 2. The van der Waals surface area contributed by atoms with E-state index in [0.717, 1.165) is 6.07 Å². The Hall–Kier alpha value is -1.83. The van der Waals surface area contributed by atoms with Crippen LogP contribution in [-0.4, -0.2) is 13.2 Å². The molecule has 14 heavy (non-hydrogen) atoms. The second-order valence-corrected chi connectivity index (χ2v) is 2.68. The van der Waals surface area contributed by atoms with Crippen molar-refractivity contribution < 1.29 is 18.3 Å². The summed E-state index contributed by atoms with van der Waals surface area (Å²) in [5.74, 6) is -2.24. The molecule has 5 heteroatoms. The number of fused-ring (bicyclic) bond motifs is 1. The molecular formula is C9H5F2NO2. The Labute approximate surface area is 78.5 Å². The predicted molar refractivity (Wildman–Crippen MR) is 42.1 cm³/mol. The predicted octanol–water partition coefficient (Wildman–Crippen LogP) is 1.61. The molecule has 0 fully saturated rings. The second kappa shape index (κ2) is 3.14. The van der Waals surface area contributed by atoms with E-state index in [1.165, 1.54) is 0 Å². The molecule has 0 N–H and O–H groups in total. The van der Waals surface area contributed by atoms with Gasteiger partial charge < -0.3 is 9.47 Å². The van der Waals surface area contributed by atoms with Gasteiger partial charge in [0.05, 0.1) is 0 Å². The maximum atomic E-state index is 13.1. The van der Waals surface area contributed by atoms with E-state index in [1.54, 1.807) is 6.07 Å². The van der Waals surface area contributed by atoms with Crippen molar-refractivity contribution in [1.82, 2.24) is 0 Å². The fraction of sp³-hybridized carbons (Fsp3) is 0.222. The third-order valence-corrected chi connectivity index (χ3v) is 1.84. The molecule has 1 aromatic rings. The Morgan fingerprint density at radius 1 is 1.29 bits per heavy atom. The van der Waals surface area contributed by atoms with Gasteiger partial charge in [0.15, 0.2) is 23.1 Å². The molecule has 0 bridgehead atoms. The maximum absolute atomic E-state index is 13.1. The van der Waals surface area contributed by atoms with Crippen molar-refractivity contribution in [2.75, 3.05) is 13.2 Å². The SMILES string of the molecule is N#Cc1c(F)c(F)cc2c1OCCO2. The fourth-order valence-electron chi connectivity index (χ4n) is 1.23. The zero-order valence-corrected chi connectivity index (χ0v) is 7.01. The van der Waals surface area contributed by atoms with Crippen LogP contribution in [0.1, 0.15) is 5.56 Å². The van der Waals surface area contributed by atoms with Gasteiger partial charge in [-0.25, -0.2) is 8.78 Å². The minimum atomic E-state index is -1.20. The molecule has 0 unspecified atom stereocenters. The van der Waals surface area contributed by atoms with E-state index in [1.807, 2.05) is 0 Å². The number of hydrogen-bond acceptors (Lipinski definition) is 3. The van der Waals surface area contributed by atoms with Crippen molar-refractivity contribution in [2.45, 2.75) is 0 Å². The summed E-state index contributed by atoms with van der Waals surface area (Å²) >= 11 is 0. The number of benzene rings is 1. The zero-order valence-electron chi connectivity index (χ0n) is 7.01. The molecule has 1 aliphatic rings. The van der Waals surface area contributed by atoms with Crippen LogP contribution in [0.4, 0.5) is 8.78 Å². The molecule has 1 heterocycles. The largest absolute Gasteiger partial charge is 0.486 e. The number of halogens is 2. The molecule has 0 saturated carbocycles. The average Bonchev–Trinajstić information content (AvgIpc) is 2.20. The van der Waals surface area contributed by atoms with Crippen LogP contribution in [0.15, 0.2) is 6.07 Å². The molecule has 0 spiro atoms. The first-order valence-electron chi connectivity index (χ1n) is 3.91. The number of nitriles is 1. The van der Waals surface area contributed by atoms with Gasteiger partial charge in [-0.2, -0.15) is 5.26 Å². The zero-order chi connectivity index (χ0) is 10.1. The molecule has 0 atom stereocenters. The minimum absolute atomic E-state index is 0.0161. The van der Waals surface area contributed by atoms with E-state index < -0.39 is 17.2 Å². The van der Waals surface area contributed by atoms with Crippen LogP contribution < -0.4 is 9.47 Å². The van der Waals surface area contributed by atoms with Crippen molar-refractivity contribution >= 4 is 0 Å². The highest BCUT2D eigenvalue weighted by Gasteiger charge is 2.23. The van der Waals surface area contributed by atoms with E-state index in [4.69, 9.17) is 14.7 Å². The lowest BCUT2D eigenvalue weighted by atomic mass is 10.1. The van der Waals surface area contributed by atoms with E-state index in [-0.39, 0.29) is 24.7 Å². The van der Waals surface area contributed by atoms with Crippen LogP contribution in [0.3, 0.4) is 0 Å². The van der Waals surface area contributed by atoms with Gasteiger partial charge in [-0.3, -0.25) is 0 Å². The number of hydrogen-bond donors (Lipinski definition) is 0. The first-order valence-corrected chi connectivity index (χ1v) is 3.91. The Morgan fingerprint density at radius 2 is 2.00 bits per heavy atom. The van der Waals surface area contributed by atoms with Crippen LogP contribution >= 0.6 is 0 Å². The standard InChI is InChI=1S/C9H5F2NO2/c10-6-3-7-9(14-2-1-13-7)5(4-12)8(6)11/h3H,1-2H2. The van der Waals surface area contributed by atoms with Crippen molar-refractivity contribution in [3.63, 3.8) is 0 Å². The normalized spacial score (nSPS) is 13.5. The van der Waals surface area contributed by atoms with Crippen LogP contribution in [0.2, 0.25) is 0 Å². The Bertz CT molecular complexity index is 426. The molecule has 72 valence electrons. The summed E-state index contributed by atoms with van der Waals surface area (Å²) in [7, 11) is 0. The van der Waals surface area contributed by atoms with Gasteiger partial charge in [0, 0.05) is 6.07 Å². The molecule has 1 aliphatic heterocycles. The summed E-state index contributed by atoms with van der Waals surface area (Å²) in [4.78, 5) is 0. The lowest BCUT2D eigenvalue weighted by molar-refractivity contribution is 0.169. The van der Waals surface area contributed by atoms with E-state index in [9.17, 15) is 8.78 Å². The molecule has 2 rings (SSSR count). The van der Waals surface area contributed by atoms with Crippen molar-refractivity contribution in [3.05, 3.63) is 23.3 Å². The molecule has 1 aromatic carbocycles. The van der Waals surface area contributed by atoms with Crippen LogP contribution in [0, 0.1) is 23.0 Å². The van der Waals surface area contributed by atoms with Crippen LogP contribution in [0.25, 0.3) is 0 Å². The molecular weight excluding hydrogens is 192 g/mol. The molecule has 3 nitrogen and oxygen atoms in total. The van der Waals surface area contributed by atoms with Gasteiger partial charge in [-0.05, 0) is 0 Å². The molecule has 0 saturated heterocycles. The number of nitrogens with zero attached hydrogens (tertiary/aromatic N) is 1. The van der Waals surface area contributed by atoms with E-state index in [2.05, 4.69) is 0 Å². The quantitative estimate of drug-likeness (QED) is 0.634. The van der Waals surface area contributed by atoms with Crippen molar-refractivity contribution in [1.29, 1.82) is 5.26 Å². The van der Waals surface area contributed by atoms with Gasteiger partial charge in [-0.15, -0.1) is 0 Å². The highest BCUT2D eigenvalue weighted by Crippen LogP contribution is 2.36. The van der Waals surface area contributed by atoms with Crippen molar-refractivity contribution in [2.24, 2.45) is 0 Å². The monoisotopic (exact) mass is 197 g/mol. The summed E-state index contributed by atoms with van der Waals surface area (Å²) in [6.45, 7) is 0.496.